The van der Waals surface area contributed by atoms with Gasteiger partial charge in [-0.15, -0.1) is 0 Å². The molecule has 7 heteroatoms. The number of aromatic nitrogens is 2. The Morgan fingerprint density at radius 2 is 1.67 bits per heavy atom. The van der Waals surface area contributed by atoms with Crippen molar-refractivity contribution in [3.63, 3.8) is 0 Å². The molecule has 0 aliphatic heterocycles. The highest BCUT2D eigenvalue weighted by Crippen LogP contribution is 2.27. The molecule has 1 aliphatic carbocycles. The second-order valence-corrected chi connectivity index (χ2v) is 8.02. The van der Waals surface area contributed by atoms with Gasteiger partial charge in [-0.3, -0.25) is 0 Å². The van der Waals surface area contributed by atoms with Crippen molar-refractivity contribution in [3.05, 3.63) is 40.1 Å². The number of hydrogen-bond acceptors (Lipinski definition) is 5. The third-order valence-electron chi connectivity index (χ3n) is 4.31. The smallest absolute Gasteiger partial charge is 0.264 e. The van der Waals surface area contributed by atoms with E-state index in [-0.39, 0.29) is 10.8 Å². The molecule has 2 aromatic rings. The summed E-state index contributed by atoms with van der Waals surface area (Å²) in [6, 6.07) is 3.70. The summed E-state index contributed by atoms with van der Waals surface area (Å²) in [6.07, 6.45) is 3.75. The average Bonchev–Trinajstić information content (AvgIpc) is 2.45. The van der Waals surface area contributed by atoms with Crippen LogP contribution in [-0.4, -0.2) is 18.4 Å². The van der Waals surface area contributed by atoms with E-state index in [0.29, 0.717) is 16.9 Å². The fourth-order valence-corrected chi connectivity index (χ4v) is 4.83. The first-order chi connectivity index (χ1) is 11.3. The number of sulfonamides is 1. The van der Waals surface area contributed by atoms with Crippen LogP contribution in [0.25, 0.3) is 0 Å². The summed E-state index contributed by atoms with van der Waals surface area (Å²) in [5.74, 6) is 0.419. The Kier molecular flexibility index (Phi) is 4.21. The SMILES string of the molecule is Cc1cc(C)c(S(=O)(=O)Nc2nc(N)c3c(n2)CCCC3)c(C)c1. The normalized spacial score (nSPS) is 14.3. The standard InChI is InChI=1S/C17H22N4O2S/c1-10-8-11(2)15(12(3)9-10)24(22,23)21-17-19-14-7-5-4-6-13(14)16(18)20-17/h8-9H,4-7H2,1-3H3,(H3,18,19,20,21). The summed E-state index contributed by atoms with van der Waals surface area (Å²) in [6.45, 7) is 5.52. The van der Waals surface area contributed by atoms with Crippen LogP contribution in [0.2, 0.25) is 0 Å². The van der Waals surface area contributed by atoms with E-state index in [1.807, 2.05) is 19.1 Å². The van der Waals surface area contributed by atoms with Crippen LogP contribution in [0.15, 0.2) is 17.0 Å². The van der Waals surface area contributed by atoms with E-state index in [2.05, 4.69) is 14.7 Å². The van der Waals surface area contributed by atoms with Crippen molar-refractivity contribution in [1.29, 1.82) is 0 Å². The van der Waals surface area contributed by atoms with E-state index in [1.165, 1.54) is 0 Å². The summed E-state index contributed by atoms with van der Waals surface area (Å²) in [4.78, 5) is 8.80. The lowest BCUT2D eigenvalue weighted by molar-refractivity contribution is 0.599. The number of rotatable bonds is 3. The van der Waals surface area contributed by atoms with Crippen LogP contribution in [0.3, 0.4) is 0 Å². The number of aryl methyl sites for hydroxylation is 4. The molecular formula is C17H22N4O2S. The second-order valence-electron chi connectivity index (χ2n) is 6.40. The lowest BCUT2D eigenvalue weighted by Gasteiger charge is -2.18. The van der Waals surface area contributed by atoms with Crippen molar-refractivity contribution in [1.82, 2.24) is 9.97 Å². The maximum Gasteiger partial charge on any atom is 0.264 e. The van der Waals surface area contributed by atoms with E-state index in [4.69, 9.17) is 5.73 Å². The predicted octanol–water partition coefficient (Wildman–Crippen LogP) is 2.66. The zero-order valence-corrected chi connectivity index (χ0v) is 15.0. The van der Waals surface area contributed by atoms with Crippen molar-refractivity contribution in [2.24, 2.45) is 0 Å². The maximum absolute atomic E-state index is 12.8. The van der Waals surface area contributed by atoms with Crippen LogP contribution in [0.5, 0.6) is 0 Å². The third kappa shape index (κ3) is 3.08. The Labute approximate surface area is 142 Å². The Bertz CT molecular complexity index is 884. The van der Waals surface area contributed by atoms with Gasteiger partial charge in [0.05, 0.1) is 10.6 Å². The second kappa shape index (κ2) is 6.05. The van der Waals surface area contributed by atoms with Gasteiger partial charge in [-0.05, 0) is 57.6 Å². The molecule has 0 saturated carbocycles. The van der Waals surface area contributed by atoms with E-state index in [1.54, 1.807) is 13.8 Å². The van der Waals surface area contributed by atoms with Gasteiger partial charge in [-0.25, -0.2) is 18.1 Å². The summed E-state index contributed by atoms with van der Waals surface area (Å²) in [5.41, 5.74) is 10.2. The monoisotopic (exact) mass is 346 g/mol. The molecule has 0 amide bonds. The first kappa shape index (κ1) is 16.7. The quantitative estimate of drug-likeness (QED) is 0.890. The molecule has 0 unspecified atom stereocenters. The van der Waals surface area contributed by atoms with Gasteiger partial charge < -0.3 is 5.73 Å². The molecule has 1 heterocycles. The molecule has 0 fully saturated rings. The molecule has 0 bridgehead atoms. The zero-order chi connectivity index (χ0) is 17.5. The van der Waals surface area contributed by atoms with Crippen molar-refractivity contribution in [2.75, 3.05) is 10.5 Å². The minimum absolute atomic E-state index is 0.0486. The van der Waals surface area contributed by atoms with Crippen LogP contribution in [-0.2, 0) is 22.9 Å². The summed E-state index contributed by atoms with van der Waals surface area (Å²) >= 11 is 0. The highest BCUT2D eigenvalue weighted by Gasteiger charge is 2.23. The molecule has 24 heavy (non-hydrogen) atoms. The minimum Gasteiger partial charge on any atom is -0.383 e. The lowest BCUT2D eigenvalue weighted by atomic mass is 9.97. The van der Waals surface area contributed by atoms with Gasteiger partial charge in [0.15, 0.2) is 0 Å². The minimum atomic E-state index is -3.77. The van der Waals surface area contributed by atoms with Crippen LogP contribution in [0, 0.1) is 20.8 Å². The van der Waals surface area contributed by atoms with Crippen LogP contribution in [0.1, 0.15) is 40.8 Å². The van der Waals surface area contributed by atoms with Crippen LogP contribution >= 0.6 is 0 Å². The summed E-state index contributed by atoms with van der Waals surface area (Å²) < 4.78 is 28.1. The van der Waals surface area contributed by atoms with Gasteiger partial charge in [0.1, 0.15) is 5.82 Å². The van der Waals surface area contributed by atoms with Gasteiger partial charge in [-0.2, -0.15) is 4.98 Å². The van der Waals surface area contributed by atoms with E-state index in [0.717, 1.165) is 42.5 Å². The van der Waals surface area contributed by atoms with Crippen molar-refractivity contribution in [2.45, 2.75) is 51.3 Å². The molecule has 0 atom stereocenters. The maximum atomic E-state index is 12.8. The molecule has 0 spiro atoms. The molecule has 6 nitrogen and oxygen atoms in total. The summed E-state index contributed by atoms with van der Waals surface area (Å²) in [5, 5.41) is 0. The van der Waals surface area contributed by atoms with Gasteiger partial charge in [0.2, 0.25) is 5.95 Å². The average molecular weight is 346 g/mol. The Morgan fingerprint density at radius 1 is 1.04 bits per heavy atom. The Balaban J connectivity index is 2.00. The first-order valence-corrected chi connectivity index (χ1v) is 9.52. The highest BCUT2D eigenvalue weighted by molar-refractivity contribution is 7.92. The van der Waals surface area contributed by atoms with E-state index >= 15 is 0 Å². The van der Waals surface area contributed by atoms with Crippen LogP contribution < -0.4 is 10.5 Å². The topological polar surface area (TPSA) is 98.0 Å². The molecule has 1 aliphatic rings. The number of hydrogen-bond donors (Lipinski definition) is 2. The Hall–Kier alpha value is -2.15. The van der Waals surface area contributed by atoms with Gasteiger partial charge >= 0.3 is 0 Å². The highest BCUT2D eigenvalue weighted by atomic mass is 32.2. The molecule has 3 N–H and O–H groups in total. The zero-order valence-electron chi connectivity index (χ0n) is 14.2. The Morgan fingerprint density at radius 3 is 2.33 bits per heavy atom. The fourth-order valence-electron chi connectivity index (χ4n) is 3.43. The number of nitrogens with zero attached hydrogens (tertiary/aromatic N) is 2. The summed E-state index contributed by atoms with van der Waals surface area (Å²) in [7, 11) is -3.77. The number of benzene rings is 1. The number of nitrogen functional groups attached to an aromatic ring is 1. The molecule has 0 saturated heterocycles. The third-order valence-corrected chi connectivity index (χ3v) is 5.95. The molecule has 0 radical (unpaired) electrons. The predicted molar refractivity (Wildman–Crippen MR) is 94.5 cm³/mol. The van der Waals surface area contributed by atoms with Gasteiger partial charge in [0, 0.05) is 5.56 Å². The van der Waals surface area contributed by atoms with Crippen molar-refractivity contribution < 1.29 is 8.42 Å². The molecule has 1 aromatic carbocycles. The van der Waals surface area contributed by atoms with Gasteiger partial charge in [0.25, 0.3) is 10.0 Å². The van der Waals surface area contributed by atoms with Gasteiger partial charge in [-0.1, -0.05) is 17.7 Å². The number of nitrogens with one attached hydrogen (secondary N) is 1. The number of anilines is 2. The van der Waals surface area contributed by atoms with Crippen LogP contribution in [0.4, 0.5) is 11.8 Å². The van der Waals surface area contributed by atoms with E-state index < -0.39 is 10.0 Å². The number of nitrogens with two attached hydrogens (primary N) is 1. The molecular weight excluding hydrogens is 324 g/mol. The molecule has 1 aromatic heterocycles. The largest absolute Gasteiger partial charge is 0.383 e. The lowest BCUT2D eigenvalue weighted by Crippen LogP contribution is -2.20. The number of fused-ring (bicyclic) bond motifs is 1. The first-order valence-electron chi connectivity index (χ1n) is 8.04. The van der Waals surface area contributed by atoms with E-state index in [9.17, 15) is 8.42 Å². The van der Waals surface area contributed by atoms with Crippen molar-refractivity contribution in [3.8, 4) is 0 Å². The fraction of sp³-hybridized carbons (Fsp3) is 0.412. The van der Waals surface area contributed by atoms with Crippen molar-refractivity contribution >= 4 is 21.8 Å². The molecule has 128 valence electrons. The molecule has 3 rings (SSSR count).